The highest BCUT2D eigenvalue weighted by atomic mass is 19.1. The molecule has 4 aliphatic heterocycles. The second-order valence-electron chi connectivity index (χ2n) is 18.7. The van der Waals surface area contributed by atoms with E-state index in [0.29, 0.717) is 66.6 Å². The maximum Gasteiger partial charge on any atom is 0.240 e. The van der Waals surface area contributed by atoms with Gasteiger partial charge in [-0.15, -0.1) is 0 Å². The summed E-state index contributed by atoms with van der Waals surface area (Å²) in [5.41, 5.74) is 3.95. The standard InChI is InChI=1S/C52H56FN7O6/c1-65-47-28-43-44(54-23-18-46(43)66-41-14-12-38(13-15-41)56-51(64)52(21-22-52)50(63)55-37-10-8-36(53)9-11-37)29-45(47)58-25-19-34(20-26-58)30-60-32-39-27-40(60)31-59(39)24-2-3-33-4-6-35(7-5-33)42-16-17-48(61)57-49(42)62/h4-15,18,23,28-29,34,39-40,42H,2-3,16-17,19-22,24-27,30-32H2,1H3,(H,55,63)(H,56,64)(H,57,61,62)/t39-,40-,42?/m0/s1. The number of rotatable bonds is 15. The molecule has 13 nitrogen and oxygen atoms in total. The Morgan fingerprint density at radius 3 is 2.17 bits per heavy atom. The molecule has 3 N–H and O–H groups in total. The third-order valence-electron chi connectivity index (χ3n) is 14.5. The van der Waals surface area contributed by atoms with Crippen molar-refractivity contribution >= 4 is 51.6 Å². The number of nitrogens with one attached hydrogen (secondary N) is 3. The van der Waals surface area contributed by atoms with E-state index < -0.39 is 17.1 Å². The topological polar surface area (TPSA) is 145 Å². The molecule has 5 aliphatic rings. The number of piperazine rings is 1. The average Bonchev–Trinajstić information content (AvgIpc) is 3.94. The summed E-state index contributed by atoms with van der Waals surface area (Å²) in [5, 5.41) is 8.91. The number of benzene rings is 4. The quantitative estimate of drug-likeness (QED) is 0.0708. The molecule has 1 aliphatic carbocycles. The lowest BCUT2D eigenvalue weighted by molar-refractivity contribution is -0.134. The molecule has 1 unspecified atom stereocenters. The number of halogens is 1. The zero-order chi connectivity index (χ0) is 45.4. The predicted molar refractivity (Wildman–Crippen MR) is 250 cm³/mol. The first-order valence-electron chi connectivity index (χ1n) is 23.4. The van der Waals surface area contributed by atoms with Crippen molar-refractivity contribution in [3.05, 3.63) is 114 Å². The molecule has 0 spiro atoms. The Morgan fingerprint density at radius 2 is 1.52 bits per heavy atom. The minimum Gasteiger partial charge on any atom is -0.495 e. The summed E-state index contributed by atoms with van der Waals surface area (Å²) < 4.78 is 25.7. The van der Waals surface area contributed by atoms with Crippen LogP contribution in [-0.4, -0.2) is 96.9 Å². The number of piperidine rings is 2. The fraction of sp³-hybridized carbons (Fsp3) is 0.404. The van der Waals surface area contributed by atoms with E-state index in [1.807, 2.05) is 12.1 Å². The number of nitrogens with zero attached hydrogens (tertiary/aromatic N) is 4. The number of fused-ring (bicyclic) bond motifs is 3. The van der Waals surface area contributed by atoms with Crippen LogP contribution < -0.4 is 30.3 Å². The Balaban J connectivity index is 0.686. The van der Waals surface area contributed by atoms with Crippen molar-refractivity contribution in [2.75, 3.05) is 61.9 Å². The van der Waals surface area contributed by atoms with Crippen LogP contribution in [0.1, 0.15) is 68.4 Å². The van der Waals surface area contributed by atoms with E-state index in [-0.39, 0.29) is 23.6 Å². The van der Waals surface area contributed by atoms with E-state index in [1.54, 1.807) is 37.6 Å². The molecule has 2 bridgehead atoms. The average molecular weight is 894 g/mol. The summed E-state index contributed by atoms with van der Waals surface area (Å²) in [6.07, 6.45) is 9.25. The zero-order valence-electron chi connectivity index (χ0n) is 37.3. The van der Waals surface area contributed by atoms with Crippen LogP contribution in [0.3, 0.4) is 0 Å². The Morgan fingerprint density at radius 1 is 0.833 bits per heavy atom. The first kappa shape index (κ1) is 43.5. The van der Waals surface area contributed by atoms with Crippen molar-refractivity contribution in [2.24, 2.45) is 11.3 Å². The van der Waals surface area contributed by atoms with Crippen molar-refractivity contribution < 1.29 is 33.0 Å². The maximum absolute atomic E-state index is 13.3. The van der Waals surface area contributed by atoms with Crippen LogP contribution in [0.4, 0.5) is 21.5 Å². The van der Waals surface area contributed by atoms with Crippen molar-refractivity contribution in [3.63, 3.8) is 0 Å². The van der Waals surface area contributed by atoms with Crippen molar-refractivity contribution in [1.82, 2.24) is 20.1 Å². The Bertz CT molecular complexity index is 2610. The third-order valence-corrected chi connectivity index (χ3v) is 14.5. The van der Waals surface area contributed by atoms with E-state index in [9.17, 15) is 23.6 Å². The van der Waals surface area contributed by atoms with Crippen LogP contribution in [0.25, 0.3) is 10.9 Å². The molecule has 1 saturated carbocycles. The number of likely N-dealkylation sites (tertiary alicyclic amines) is 2. The van der Waals surface area contributed by atoms with Crippen LogP contribution in [0.15, 0.2) is 97.2 Å². The van der Waals surface area contributed by atoms with E-state index in [2.05, 4.69) is 61.0 Å². The van der Waals surface area contributed by atoms with Gasteiger partial charge >= 0.3 is 0 Å². The minimum atomic E-state index is -1.16. The number of anilines is 3. The van der Waals surface area contributed by atoms with Gasteiger partial charge in [-0.05, 0) is 142 Å². The Kier molecular flexibility index (Phi) is 12.2. The first-order chi connectivity index (χ1) is 32.1. The molecule has 14 heteroatoms. The van der Waals surface area contributed by atoms with E-state index >= 15 is 0 Å². The van der Waals surface area contributed by atoms with Gasteiger partial charge in [0.25, 0.3) is 0 Å². The number of pyridine rings is 1. The monoisotopic (exact) mass is 893 g/mol. The second-order valence-corrected chi connectivity index (χ2v) is 18.7. The highest BCUT2D eigenvalue weighted by molar-refractivity contribution is 6.17. The van der Waals surface area contributed by atoms with E-state index in [0.717, 1.165) is 92.9 Å². The lowest BCUT2D eigenvalue weighted by Crippen LogP contribution is -2.49. The van der Waals surface area contributed by atoms with Crippen molar-refractivity contribution in [2.45, 2.75) is 75.8 Å². The number of aryl methyl sites for hydroxylation is 1. The third kappa shape index (κ3) is 9.21. The van der Waals surface area contributed by atoms with Crippen molar-refractivity contribution in [1.29, 1.82) is 0 Å². The summed E-state index contributed by atoms with van der Waals surface area (Å²) in [4.78, 5) is 62.7. The molecule has 66 heavy (non-hydrogen) atoms. The number of hydrogen-bond acceptors (Lipinski definition) is 10. The van der Waals surface area contributed by atoms with Crippen LogP contribution in [0.5, 0.6) is 17.2 Å². The Labute approximate surface area is 384 Å². The number of amides is 4. The molecule has 5 aromatic rings. The zero-order valence-corrected chi connectivity index (χ0v) is 37.3. The molecular formula is C52H56FN7O6. The first-order valence-corrected chi connectivity index (χ1v) is 23.4. The minimum absolute atomic E-state index is 0.177. The number of imide groups is 1. The van der Waals surface area contributed by atoms with Crippen LogP contribution >= 0.6 is 0 Å². The number of carbonyl (C=O) groups is 4. The van der Waals surface area contributed by atoms with Gasteiger partial charge in [0.2, 0.25) is 23.6 Å². The largest absolute Gasteiger partial charge is 0.495 e. The number of carbonyl (C=O) groups excluding carboxylic acids is 4. The normalized spacial score (nSPS) is 21.7. The maximum atomic E-state index is 13.3. The summed E-state index contributed by atoms with van der Waals surface area (Å²) in [7, 11) is 1.70. The molecule has 4 aromatic carbocycles. The second kappa shape index (κ2) is 18.5. The number of hydrogen-bond donors (Lipinski definition) is 3. The molecule has 10 rings (SSSR count). The molecule has 5 heterocycles. The van der Waals surface area contributed by atoms with Gasteiger partial charge in [0.1, 0.15) is 28.5 Å². The van der Waals surface area contributed by atoms with Gasteiger partial charge in [-0.2, -0.15) is 0 Å². The SMILES string of the molecule is COc1cc2c(Oc3ccc(NC(=O)C4(C(=O)Nc5ccc(F)cc5)CC4)cc3)ccnc2cc1N1CCC(CN2C[C@@H]3C[C@H]2CN3CCCc2ccc(C3CCC(=O)NC3=O)cc2)CC1. The molecule has 3 atom stereocenters. The summed E-state index contributed by atoms with van der Waals surface area (Å²) >= 11 is 0. The van der Waals surface area contributed by atoms with E-state index in [1.165, 1.54) is 36.2 Å². The highest BCUT2D eigenvalue weighted by Gasteiger charge is 2.56. The highest BCUT2D eigenvalue weighted by Crippen LogP contribution is 2.48. The summed E-state index contributed by atoms with van der Waals surface area (Å²) in [6.45, 7) is 6.48. The van der Waals surface area contributed by atoms with Crippen LogP contribution in [0, 0.1) is 17.2 Å². The fourth-order valence-electron chi connectivity index (χ4n) is 10.5. The van der Waals surface area contributed by atoms with Gasteiger partial charge in [0.15, 0.2) is 0 Å². The van der Waals surface area contributed by atoms with Crippen LogP contribution in [0.2, 0.25) is 0 Å². The molecule has 0 radical (unpaired) electrons. The van der Waals surface area contributed by atoms with Gasteiger partial charge in [0, 0.05) is 74.2 Å². The fourth-order valence-corrected chi connectivity index (χ4v) is 10.5. The molecule has 5 fully saturated rings. The molecule has 1 aromatic heterocycles. The number of ether oxygens (including phenoxy) is 2. The Hall–Kier alpha value is -6.38. The summed E-state index contributed by atoms with van der Waals surface area (Å²) in [5.74, 6) is 0.856. The summed E-state index contributed by atoms with van der Waals surface area (Å²) in [6, 6.07) is 28.1. The van der Waals surface area contributed by atoms with Crippen LogP contribution in [-0.2, 0) is 25.6 Å². The number of aromatic nitrogens is 1. The van der Waals surface area contributed by atoms with Gasteiger partial charge < -0.3 is 25.0 Å². The molecule has 342 valence electrons. The number of methoxy groups -OCH3 is 1. The lowest BCUT2D eigenvalue weighted by atomic mass is 9.90. The smallest absolute Gasteiger partial charge is 0.240 e. The van der Waals surface area contributed by atoms with Gasteiger partial charge in [-0.3, -0.25) is 39.3 Å². The van der Waals surface area contributed by atoms with Crippen molar-refractivity contribution in [3.8, 4) is 17.2 Å². The van der Waals surface area contributed by atoms with E-state index in [4.69, 9.17) is 14.5 Å². The lowest BCUT2D eigenvalue weighted by Gasteiger charge is -2.39. The van der Waals surface area contributed by atoms with Gasteiger partial charge in [-0.1, -0.05) is 24.3 Å². The molecule has 4 amide bonds. The molecular weight excluding hydrogens is 838 g/mol. The van der Waals surface area contributed by atoms with Gasteiger partial charge in [-0.25, -0.2) is 4.39 Å². The molecule has 4 saturated heterocycles. The van der Waals surface area contributed by atoms with Gasteiger partial charge in [0.05, 0.1) is 24.2 Å². The predicted octanol–water partition coefficient (Wildman–Crippen LogP) is 7.66.